The zero-order chi connectivity index (χ0) is 34.0. The maximum Gasteiger partial charge on any atom is 0.410 e. The van der Waals surface area contributed by atoms with E-state index in [2.05, 4.69) is 64.8 Å². The lowest BCUT2D eigenvalue weighted by Crippen LogP contribution is -2.46. The summed E-state index contributed by atoms with van der Waals surface area (Å²) in [6.45, 7) is 11.5. The topological polar surface area (TPSA) is 88.9 Å². The Kier molecular flexibility index (Phi) is 9.66. The minimum Gasteiger partial charge on any atom is -0.444 e. The van der Waals surface area contributed by atoms with Gasteiger partial charge in [0.25, 0.3) is 0 Å². The van der Waals surface area contributed by atoms with Gasteiger partial charge >= 0.3 is 6.09 Å². The van der Waals surface area contributed by atoms with Crippen molar-refractivity contribution in [1.82, 2.24) is 24.9 Å². The van der Waals surface area contributed by atoms with Crippen molar-refractivity contribution < 1.29 is 19.1 Å². The predicted octanol–water partition coefficient (Wildman–Crippen LogP) is 7.42. The van der Waals surface area contributed by atoms with Crippen molar-refractivity contribution in [2.45, 2.75) is 90.5 Å². The van der Waals surface area contributed by atoms with Crippen LogP contribution in [-0.2, 0) is 20.8 Å². The Morgan fingerprint density at radius 1 is 0.980 bits per heavy atom. The van der Waals surface area contributed by atoms with Gasteiger partial charge in [-0.05, 0) is 120 Å². The number of hydrogen-bond donors (Lipinski definition) is 1. The van der Waals surface area contributed by atoms with E-state index < -0.39 is 5.60 Å². The molecule has 260 valence electrons. The smallest absolute Gasteiger partial charge is 0.410 e. The quantitative estimate of drug-likeness (QED) is 0.276. The Labute approximate surface area is 290 Å². The minimum atomic E-state index is -0.538. The molecule has 2 amide bonds. The molecule has 1 unspecified atom stereocenters. The van der Waals surface area contributed by atoms with Crippen molar-refractivity contribution >= 4 is 41.1 Å². The molecule has 4 saturated heterocycles. The third kappa shape index (κ3) is 7.63. The van der Waals surface area contributed by atoms with Gasteiger partial charge in [-0.2, -0.15) is 5.10 Å². The van der Waals surface area contributed by atoms with E-state index in [1.54, 1.807) is 4.90 Å². The molecule has 1 aromatic heterocycles. The van der Waals surface area contributed by atoms with Gasteiger partial charge < -0.3 is 19.7 Å². The SMILES string of the molecule is CC(C)(C)OC(=O)N1CCC2(CC1)CNC(=O)/C2=C/c1ccc2c(/C=C/c3ccc(CN4CCCCC4)cc3)nn(C3CCCCO3)c2c1. The van der Waals surface area contributed by atoms with Crippen LogP contribution in [0.3, 0.4) is 0 Å². The van der Waals surface area contributed by atoms with Crippen molar-refractivity contribution in [3.05, 3.63) is 70.4 Å². The van der Waals surface area contributed by atoms with Crippen LogP contribution in [0.2, 0.25) is 0 Å². The molecule has 49 heavy (non-hydrogen) atoms. The summed E-state index contributed by atoms with van der Waals surface area (Å²) in [6, 6.07) is 15.2. The highest BCUT2D eigenvalue weighted by Gasteiger charge is 2.46. The monoisotopic (exact) mass is 665 g/mol. The zero-order valence-electron chi connectivity index (χ0n) is 29.4. The molecular formula is C40H51N5O4. The molecule has 0 aliphatic carbocycles. The highest BCUT2D eigenvalue weighted by Crippen LogP contribution is 2.43. The van der Waals surface area contributed by atoms with Crippen LogP contribution in [0, 0.1) is 5.41 Å². The molecule has 7 rings (SSSR count). The van der Waals surface area contributed by atoms with Gasteiger partial charge in [-0.3, -0.25) is 9.69 Å². The number of carbonyl (C=O) groups excluding carboxylic acids is 2. The fraction of sp³-hybridized carbons (Fsp3) is 0.525. The van der Waals surface area contributed by atoms with Crippen molar-refractivity contribution in [3.8, 4) is 0 Å². The third-order valence-electron chi connectivity index (χ3n) is 10.5. The Morgan fingerprint density at radius 3 is 2.45 bits per heavy atom. The molecule has 1 spiro atoms. The first-order valence-electron chi connectivity index (χ1n) is 18.3. The van der Waals surface area contributed by atoms with Crippen LogP contribution in [0.1, 0.15) is 101 Å². The van der Waals surface area contributed by atoms with Gasteiger partial charge in [0.1, 0.15) is 5.60 Å². The highest BCUT2D eigenvalue weighted by molar-refractivity contribution is 6.02. The number of benzene rings is 2. The molecule has 4 fully saturated rings. The van der Waals surface area contributed by atoms with Crippen LogP contribution in [-0.4, -0.2) is 76.5 Å². The highest BCUT2D eigenvalue weighted by atomic mass is 16.6. The second-order valence-electron chi connectivity index (χ2n) is 15.3. The van der Waals surface area contributed by atoms with Crippen LogP contribution >= 0.6 is 0 Å². The molecule has 1 N–H and O–H groups in total. The lowest BCUT2D eigenvalue weighted by molar-refractivity contribution is -0.116. The number of likely N-dealkylation sites (tertiary alicyclic amines) is 2. The summed E-state index contributed by atoms with van der Waals surface area (Å²) in [5, 5.41) is 9.26. The van der Waals surface area contributed by atoms with Crippen molar-refractivity contribution in [2.75, 3.05) is 39.3 Å². The van der Waals surface area contributed by atoms with Gasteiger partial charge in [0.15, 0.2) is 6.23 Å². The van der Waals surface area contributed by atoms with Crippen molar-refractivity contribution in [3.63, 3.8) is 0 Å². The Morgan fingerprint density at radius 2 is 1.73 bits per heavy atom. The average molecular weight is 666 g/mol. The fourth-order valence-corrected chi connectivity index (χ4v) is 7.77. The van der Waals surface area contributed by atoms with E-state index in [1.165, 1.54) is 37.9 Å². The lowest BCUT2D eigenvalue weighted by Gasteiger charge is -2.39. The van der Waals surface area contributed by atoms with Gasteiger partial charge in [-0.15, -0.1) is 0 Å². The maximum atomic E-state index is 13.2. The van der Waals surface area contributed by atoms with Gasteiger partial charge in [0.2, 0.25) is 5.91 Å². The number of ether oxygens (including phenoxy) is 2. The molecular weight excluding hydrogens is 614 g/mol. The van der Waals surface area contributed by atoms with E-state index in [0.717, 1.165) is 65.7 Å². The maximum absolute atomic E-state index is 13.2. The van der Waals surface area contributed by atoms with Gasteiger partial charge in [0.05, 0.1) is 11.2 Å². The largest absolute Gasteiger partial charge is 0.444 e. The number of nitrogens with zero attached hydrogens (tertiary/aromatic N) is 4. The minimum absolute atomic E-state index is 0.0273. The number of hydrogen-bond acceptors (Lipinski definition) is 6. The zero-order valence-corrected chi connectivity index (χ0v) is 29.4. The van der Waals surface area contributed by atoms with Gasteiger partial charge in [0, 0.05) is 49.2 Å². The molecule has 9 nitrogen and oxygen atoms in total. The number of piperidine rings is 2. The summed E-state index contributed by atoms with van der Waals surface area (Å²) in [4.78, 5) is 30.3. The predicted molar refractivity (Wildman–Crippen MR) is 194 cm³/mol. The summed E-state index contributed by atoms with van der Waals surface area (Å²) >= 11 is 0. The Bertz CT molecular complexity index is 1710. The van der Waals surface area contributed by atoms with Crippen molar-refractivity contribution in [1.29, 1.82) is 0 Å². The first-order chi connectivity index (χ1) is 23.7. The molecule has 4 aliphatic rings. The van der Waals surface area contributed by atoms with E-state index in [-0.39, 0.29) is 23.6 Å². The molecule has 5 heterocycles. The number of amides is 2. The van der Waals surface area contributed by atoms with E-state index in [9.17, 15) is 9.59 Å². The standard InChI is InChI=1S/C40H51N5O4/c1-39(2,3)49-38(47)44-22-18-40(19-23-44)28-41-37(46)33(40)25-31-14-16-32-34(42-45(35(32)26-31)36-9-5-8-24-48-36)17-15-29-10-12-30(13-11-29)27-43-20-6-4-7-21-43/h10-17,25-26,36H,4-9,18-24,27-28H2,1-3H3,(H,41,46)/b17-15+,33-25-. The summed E-state index contributed by atoms with van der Waals surface area (Å²) in [7, 11) is 0. The number of carbonyl (C=O) groups is 2. The molecule has 0 saturated carbocycles. The van der Waals surface area contributed by atoms with E-state index in [1.807, 2.05) is 31.5 Å². The van der Waals surface area contributed by atoms with Gasteiger partial charge in [-0.1, -0.05) is 42.8 Å². The molecule has 3 aromatic rings. The first-order valence-corrected chi connectivity index (χ1v) is 18.3. The number of rotatable bonds is 6. The summed E-state index contributed by atoms with van der Waals surface area (Å²) in [6.07, 6.45) is 14.4. The fourth-order valence-electron chi connectivity index (χ4n) is 7.77. The number of fused-ring (bicyclic) bond motifs is 1. The molecule has 1 atom stereocenters. The molecule has 0 bridgehead atoms. The third-order valence-corrected chi connectivity index (χ3v) is 10.5. The lowest BCUT2D eigenvalue weighted by atomic mass is 9.73. The van der Waals surface area contributed by atoms with E-state index >= 15 is 0 Å². The Hall–Kier alpha value is -3.95. The molecule has 0 radical (unpaired) electrons. The van der Waals surface area contributed by atoms with Gasteiger partial charge in [-0.25, -0.2) is 9.48 Å². The second-order valence-corrected chi connectivity index (χ2v) is 15.3. The summed E-state index contributed by atoms with van der Waals surface area (Å²) in [5.74, 6) is -0.0273. The molecule has 4 aliphatic heterocycles. The first kappa shape index (κ1) is 33.5. The molecule has 9 heteroatoms. The summed E-state index contributed by atoms with van der Waals surface area (Å²) in [5.41, 5.74) is 5.32. The summed E-state index contributed by atoms with van der Waals surface area (Å²) < 4.78 is 13.9. The van der Waals surface area contributed by atoms with E-state index in [0.29, 0.717) is 32.5 Å². The van der Waals surface area contributed by atoms with E-state index in [4.69, 9.17) is 14.6 Å². The Balaban J connectivity index is 1.13. The van der Waals surface area contributed by atoms with Crippen LogP contribution in [0.25, 0.3) is 29.1 Å². The molecule has 2 aromatic carbocycles. The average Bonchev–Trinajstić information content (AvgIpc) is 3.61. The van der Waals surface area contributed by atoms with Crippen molar-refractivity contribution in [2.24, 2.45) is 5.41 Å². The van der Waals surface area contributed by atoms with Crippen LogP contribution in [0.5, 0.6) is 0 Å². The number of nitrogens with one attached hydrogen (secondary N) is 1. The van der Waals surface area contributed by atoms with Crippen LogP contribution in [0.15, 0.2) is 48.0 Å². The van der Waals surface area contributed by atoms with Crippen LogP contribution in [0.4, 0.5) is 4.79 Å². The normalized spacial score (nSPS) is 22.8. The second kappa shape index (κ2) is 14.1. The van der Waals surface area contributed by atoms with Crippen LogP contribution < -0.4 is 5.32 Å². The number of aromatic nitrogens is 2.